The molecule has 4 heteroatoms. The largest absolute Gasteiger partial charge is 0.459 e. The molecule has 0 saturated heterocycles. The number of carbonyl (C=O) groups is 1. The minimum absolute atomic E-state index is 0.392. The molecule has 3 fully saturated rings. The van der Waals surface area contributed by atoms with Crippen molar-refractivity contribution in [3.63, 3.8) is 0 Å². The summed E-state index contributed by atoms with van der Waals surface area (Å²) in [6, 6.07) is 0. The number of fused-ring (bicyclic) bond motifs is 5. The number of aliphatic hydroxyl groups excluding tert-OH is 2. The van der Waals surface area contributed by atoms with Crippen LogP contribution in [0.1, 0.15) is 99.3 Å². The van der Waals surface area contributed by atoms with Crippen LogP contribution in [0.4, 0.5) is 0 Å². The normalized spacial score (nSPS) is 45.6. The molecule has 0 unspecified atom stereocenters. The third-order valence-corrected chi connectivity index (χ3v) is 10.8. The summed E-state index contributed by atoms with van der Waals surface area (Å²) >= 11 is 0. The van der Waals surface area contributed by atoms with Crippen molar-refractivity contribution < 1.29 is 19.7 Å². The van der Waals surface area contributed by atoms with Crippen LogP contribution in [0.25, 0.3) is 0 Å². The summed E-state index contributed by atoms with van der Waals surface area (Å²) in [6.45, 7) is 13.3. The fraction of sp³-hybridized carbons (Fsp3) is 0.897. The van der Waals surface area contributed by atoms with E-state index < -0.39 is 29.7 Å². The monoisotopic (exact) mass is 460 g/mol. The molecule has 4 aliphatic carbocycles. The zero-order valence-corrected chi connectivity index (χ0v) is 21.8. The number of carbonyl (C=O) groups excluding carboxylic acids is 1. The van der Waals surface area contributed by atoms with Gasteiger partial charge in [0.05, 0.1) is 6.10 Å². The Morgan fingerprint density at radius 1 is 1.12 bits per heavy atom. The third-order valence-electron chi connectivity index (χ3n) is 10.8. The zero-order chi connectivity index (χ0) is 24.1. The smallest absolute Gasteiger partial charge is 0.303 e. The van der Waals surface area contributed by atoms with Crippen LogP contribution in [0, 0.1) is 46.3 Å². The highest BCUT2D eigenvalue weighted by atomic mass is 16.6. The Hall–Kier alpha value is -0.870. The number of esters is 1. The lowest BCUT2D eigenvalue weighted by atomic mass is 9.46. The molecule has 4 aliphatic rings. The number of aliphatic hydroxyl groups is 2. The van der Waals surface area contributed by atoms with Crippen molar-refractivity contribution in [1.82, 2.24) is 0 Å². The van der Waals surface area contributed by atoms with E-state index in [0.717, 1.165) is 30.6 Å². The number of hydrogen-bond donors (Lipinski definition) is 2. The van der Waals surface area contributed by atoms with E-state index >= 15 is 0 Å². The van der Waals surface area contributed by atoms with Gasteiger partial charge in [-0.25, -0.2) is 0 Å². The van der Waals surface area contributed by atoms with Crippen LogP contribution in [0.3, 0.4) is 0 Å². The van der Waals surface area contributed by atoms with Crippen molar-refractivity contribution in [2.75, 3.05) is 0 Å². The summed E-state index contributed by atoms with van der Waals surface area (Å²) in [4.78, 5) is 11.5. The third kappa shape index (κ3) is 4.22. The summed E-state index contributed by atoms with van der Waals surface area (Å²) < 4.78 is 5.39. The Morgan fingerprint density at radius 2 is 1.85 bits per heavy atom. The maximum atomic E-state index is 11.5. The summed E-state index contributed by atoms with van der Waals surface area (Å²) in [5.74, 6) is 3.68. The highest BCUT2D eigenvalue weighted by molar-refractivity contribution is 5.66. The molecule has 0 amide bonds. The van der Waals surface area contributed by atoms with Gasteiger partial charge >= 0.3 is 5.97 Å². The number of hydrogen-bond acceptors (Lipinski definition) is 4. The Kier molecular flexibility index (Phi) is 7.11. The van der Waals surface area contributed by atoms with Crippen LogP contribution in [0.2, 0.25) is 0 Å². The first-order chi connectivity index (χ1) is 15.5. The van der Waals surface area contributed by atoms with Gasteiger partial charge in [-0.1, -0.05) is 65.5 Å². The molecule has 0 spiro atoms. The van der Waals surface area contributed by atoms with Crippen molar-refractivity contribution in [2.24, 2.45) is 46.3 Å². The minimum Gasteiger partial charge on any atom is -0.459 e. The lowest BCUT2D eigenvalue weighted by Crippen LogP contribution is -2.61. The minimum atomic E-state index is -1.01. The topological polar surface area (TPSA) is 66.8 Å². The lowest BCUT2D eigenvalue weighted by Gasteiger charge is -2.60. The summed E-state index contributed by atoms with van der Waals surface area (Å²) in [7, 11) is 0. The zero-order valence-electron chi connectivity index (χ0n) is 21.8. The predicted octanol–water partition coefficient (Wildman–Crippen LogP) is 5.90. The van der Waals surface area contributed by atoms with E-state index in [1.165, 1.54) is 51.0 Å². The average molecular weight is 461 g/mol. The van der Waals surface area contributed by atoms with Crippen molar-refractivity contribution in [1.29, 1.82) is 0 Å². The molecule has 3 saturated carbocycles. The van der Waals surface area contributed by atoms with Gasteiger partial charge in [0, 0.05) is 18.8 Å². The van der Waals surface area contributed by atoms with Crippen LogP contribution < -0.4 is 0 Å². The first-order valence-electron chi connectivity index (χ1n) is 13.7. The van der Waals surface area contributed by atoms with E-state index in [9.17, 15) is 15.0 Å². The van der Waals surface area contributed by atoms with E-state index in [-0.39, 0.29) is 0 Å². The first-order valence-corrected chi connectivity index (χ1v) is 13.7. The van der Waals surface area contributed by atoms with Crippen molar-refractivity contribution in [2.45, 2.75) is 118 Å². The van der Waals surface area contributed by atoms with Gasteiger partial charge in [-0.2, -0.15) is 0 Å². The van der Waals surface area contributed by atoms with Gasteiger partial charge in [0.1, 0.15) is 12.2 Å². The molecular formula is C29H48O4. The van der Waals surface area contributed by atoms with E-state index in [0.29, 0.717) is 29.6 Å². The van der Waals surface area contributed by atoms with Gasteiger partial charge in [0.25, 0.3) is 0 Å². The van der Waals surface area contributed by atoms with Crippen molar-refractivity contribution in [3.05, 3.63) is 11.6 Å². The van der Waals surface area contributed by atoms with Crippen LogP contribution in [0.5, 0.6) is 0 Å². The number of allylic oxidation sites excluding steroid dienone is 1. The molecule has 10 atom stereocenters. The Balaban J connectivity index is 1.53. The lowest BCUT2D eigenvalue weighted by molar-refractivity contribution is -0.182. The van der Waals surface area contributed by atoms with Gasteiger partial charge in [-0.15, -0.1) is 0 Å². The molecule has 0 aromatic carbocycles. The molecule has 0 aromatic heterocycles. The van der Waals surface area contributed by atoms with E-state index in [2.05, 4.69) is 40.7 Å². The number of rotatable bonds is 6. The van der Waals surface area contributed by atoms with Gasteiger partial charge < -0.3 is 14.9 Å². The number of ether oxygens (including phenoxy) is 1. The Bertz CT molecular complexity index is 759. The standard InChI is InChI=1S/C29H48O4/c1-17(2)8-7-9-18(3)22-12-13-23-21-11-10-20-16-25(33-19(4)30)26(31)27(32)29(20,6)24(21)14-15-28(22,23)5/h10,17-18,21-27,31-32H,7-9,11-16H2,1-6H3/t18-,21+,22-,23+,24+,25-,26-,27+,28-,29+/m1/s1. The quantitative estimate of drug-likeness (QED) is 0.382. The van der Waals surface area contributed by atoms with Crippen LogP contribution in [-0.4, -0.2) is 34.5 Å². The summed E-state index contributed by atoms with van der Waals surface area (Å²) in [5.41, 5.74) is 1.19. The van der Waals surface area contributed by atoms with E-state index in [1.807, 2.05) is 0 Å². The van der Waals surface area contributed by atoms with E-state index in [4.69, 9.17) is 4.74 Å². The molecule has 2 N–H and O–H groups in total. The molecule has 0 aromatic rings. The molecule has 4 rings (SSSR count). The maximum absolute atomic E-state index is 11.5. The second kappa shape index (κ2) is 9.30. The molecule has 4 nitrogen and oxygen atoms in total. The molecule has 188 valence electrons. The Morgan fingerprint density at radius 3 is 2.52 bits per heavy atom. The van der Waals surface area contributed by atoms with Gasteiger partial charge in [0.2, 0.25) is 0 Å². The van der Waals surface area contributed by atoms with E-state index in [1.54, 1.807) is 0 Å². The average Bonchev–Trinajstić information content (AvgIpc) is 3.09. The first kappa shape index (κ1) is 25.2. The summed E-state index contributed by atoms with van der Waals surface area (Å²) in [6.07, 6.45) is 10.5. The SMILES string of the molecule is CC(=O)O[C@@H]1CC2=CC[C@H]3[C@@H]4CC[C@H]([C@H](C)CCCC(C)C)[C@@]4(C)CC[C@@H]3[C@@]2(C)[C@@H](O)[C@@H]1O. The van der Waals surface area contributed by atoms with Gasteiger partial charge in [-0.05, 0) is 73.0 Å². The van der Waals surface area contributed by atoms with Crippen LogP contribution >= 0.6 is 0 Å². The van der Waals surface area contributed by atoms with Crippen LogP contribution in [0.15, 0.2) is 11.6 Å². The molecule has 33 heavy (non-hydrogen) atoms. The summed E-state index contributed by atoms with van der Waals surface area (Å²) in [5, 5.41) is 22.3. The Labute approximate surface area is 201 Å². The molecular weight excluding hydrogens is 412 g/mol. The predicted molar refractivity (Wildman–Crippen MR) is 131 cm³/mol. The molecule has 0 bridgehead atoms. The van der Waals surface area contributed by atoms with Gasteiger partial charge in [-0.3, -0.25) is 4.79 Å². The molecule has 0 aliphatic heterocycles. The molecule has 0 radical (unpaired) electrons. The fourth-order valence-corrected chi connectivity index (χ4v) is 9.05. The second-order valence-corrected chi connectivity index (χ2v) is 12.9. The second-order valence-electron chi connectivity index (χ2n) is 12.9. The fourth-order valence-electron chi connectivity index (χ4n) is 9.05. The highest BCUT2D eigenvalue weighted by Crippen LogP contribution is 2.67. The molecule has 0 heterocycles. The van der Waals surface area contributed by atoms with Crippen LogP contribution in [-0.2, 0) is 9.53 Å². The van der Waals surface area contributed by atoms with Crippen molar-refractivity contribution >= 4 is 5.97 Å². The van der Waals surface area contributed by atoms with Gasteiger partial charge in [0.15, 0.2) is 0 Å². The maximum Gasteiger partial charge on any atom is 0.303 e. The highest BCUT2D eigenvalue weighted by Gasteiger charge is 2.62. The van der Waals surface area contributed by atoms with Crippen molar-refractivity contribution in [3.8, 4) is 0 Å².